The summed E-state index contributed by atoms with van der Waals surface area (Å²) in [4.78, 5) is 0.335. The number of rotatable bonds is 4. The third-order valence-corrected chi connectivity index (χ3v) is 4.70. The summed E-state index contributed by atoms with van der Waals surface area (Å²) < 4.78 is 29.5. The van der Waals surface area contributed by atoms with Gasteiger partial charge in [-0.05, 0) is 37.3 Å². The van der Waals surface area contributed by atoms with Crippen LogP contribution in [-0.4, -0.2) is 13.7 Å². The van der Waals surface area contributed by atoms with Gasteiger partial charge in [-0.2, -0.15) is 0 Å². The molecule has 0 N–H and O–H groups in total. The van der Waals surface area contributed by atoms with Crippen molar-refractivity contribution in [3.05, 3.63) is 60.6 Å². The maximum Gasteiger partial charge on any atom is 0.184 e. The predicted molar refractivity (Wildman–Crippen MR) is 70.8 cm³/mol. The molecule has 0 fully saturated rings. The van der Waals surface area contributed by atoms with E-state index in [0.29, 0.717) is 10.7 Å². The van der Waals surface area contributed by atoms with Gasteiger partial charge >= 0.3 is 0 Å². The van der Waals surface area contributed by atoms with Crippen molar-refractivity contribution in [2.75, 3.05) is 0 Å². The zero-order valence-electron chi connectivity index (χ0n) is 9.98. The minimum absolute atomic E-state index is 0.335. The molecule has 94 valence electrons. The molecule has 2 aromatic rings. The minimum Gasteiger partial charge on any atom is -0.465 e. The van der Waals surface area contributed by atoms with Gasteiger partial charge in [0, 0.05) is 0 Å². The number of hydrogen-bond donors (Lipinski definition) is 0. The third-order valence-electron chi connectivity index (χ3n) is 2.64. The van der Waals surface area contributed by atoms with Gasteiger partial charge in [-0.3, -0.25) is 0 Å². The molecule has 0 amide bonds. The average molecular weight is 262 g/mol. The van der Waals surface area contributed by atoms with Crippen LogP contribution in [0.4, 0.5) is 0 Å². The van der Waals surface area contributed by atoms with Crippen LogP contribution < -0.4 is 0 Å². The summed E-state index contributed by atoms with van der Waals surface area (Å²) in [6, 6.07) is 12.0. The Bertz CT molecular complexity index is 610. The highest BCUT2D eigenvalue weighted by Crippen LogP contribution is 2.17. The van der Waals surface area contributed by atoms with Gasteiger partial charge in [0.05, 0.1) is 16.4 Å². The molecular weight excluding hydrogens is 248 g/mol. The summed E-state index contributed by atoms with van der Waals surface area (Å²) in [5, 5.41) is -0.593. The molecule has 3 nitrogen and oxygen atoms in total. The molecular formula is C14H14O3S. The van der Waals surface area contributed by atoms with Gasteiger partial charge in [0.2, 0.25) is 0 Å². The monoisotopic (exact) mass is 262 g/mol. The van der Waals surface area contributed by atoms with Gasteiger partial charge in [0.1, 0.15) is 5.76 Å². The first-order valence-corrected chi connectivity index (χ1v) is 7.16. The van der Waals surface area contributed by atoms with Crippen LogP contribution >= 0.6 is 0 Å². The van der Waals surface area contributed by atoms with Gasteiger partial charge in [0.25, 0.3) is 0 Å². The van der Waals surface area contributed by atoms with E-state index in [9.17, 15) is 8.42 Å². The van der Waals surface area contributed by atoms with Gasteiger partial charge in [-0.15, -0.1) is 0 Å². The van der Waals surface area contributed by atoms with Gasteiger partial charge in [-0.1, -0.05) is 24.3 Å². The second-order valence-corrected chi connectivity index (χ2v) is 6.24. The van der Waals surface area contributed by atoms with Crippen molar-refractivity contribution in [2.45, 2.75) is 17.1 Å². The van der Waals surface area contributed by atoms with E-state index in [-0.39, 0.29) is 0 Å². The second-order valence-electron chi connectivity index (χ2n) is 3.94. The summed E-state index contributed by atoms with van der Waals surface area (Å²) in [5.41, 5.74) is 0. The van der Waals surface area contributed by atoms with E-state index in [0.717, 1.165) is 0 Å². The Balaban J connectivity index is 2.21. The molecule has 0 saturated heterocycles. The Morgan fingerprint density at radius 1 is 1.11 bits per heavy atom. The van der Waals surface area contributed by atoms with E-state index in [1.165, 1.54) is 0 Å². The molecule has 0 aliphatic heterocycles. The van der Waals surface area contributed by atoms with Crippen molar-refractivity contribution in [1.29, 1.82) is 0 Å². The lowest BCUT2D eigenvalue weighted by atomic mass is 10.3. The highest BCUT2D eigenvalue weighted by molar-refractivity contribution is 7.92. The first kappa shape index (κ1) is 12.6. The van der Waals surface area contributed by atoms with E-state index in [2.05, 4.69) is 0 Å². The summed E-state index contributed by atoms with van der Waals surface area (Å²) in [5.74, 6) is 0.644. The highest BCUT2D eigenvalue weighted by Gasteiger charge is 2.20. The standard InChI is InChI=1S/C14H14O3S/c1-12(9-10-13-6-5-11-17-13)18(15,16)14-7-3-2-4-8-14/h2-12H,1H3/b10-9+/t12-/m1/s1. The fourth-order valence-corrected chi connectivity index (χ4v) is 2.80. The predicted octanol–water partition coefficient (Wildman–Crippen LogP) is 3.16. The van der Waals surface area contributed by atoms with Crippen LogP contribution in [0.5, 0.6) is 0 Å². The molecule has 1 aromatic heterocycles. The van der Waals surface area contributed by atoms with Gasteiger partial charge in [0.15, 0.2) is 9.84 Å². The van der Waals surface area contributed by atoms with Crippen LogP contribution in [0.3, 0.4) is 0 Å². The van der Waals surface area contributed by atoms with Crippen LogP contribution in [0.15, 0.2) is 64.1 Å². The van der Waals surface area contributed by atoms with E-state index in [1.807, 2.05) is 0 Å². The normalized spacial score (nSPS) is 13.8. The molecule has 0 aliphatic rings. The second kappa shape index (κ2) is 5.23. The van der Waals surface area contributed by atoms with Gasteiger partial charge in [-0.25, -0.2) is 8.42 Å². The molecule has 0 radical (unpaired) electrons. The third kappa shape index (κ3) is 2.71. The number of sulfone groups is 1. The number of hydrogen-bond acceptors (Lipinski definition) is 3. The smallest absolute Gasteiger partial charge is 0.184 e. The molecule has 2 rings (SSSR count). The summed E-state index contributed by atoms with van der Waals surface area (Å²) in [7, 11) is -3.32. The van der Waals surface area contributed by atoms with Crippen LogP contribution in [-0.2, 0) is 9.84 Å². The Morgan fingerprint density at radius 2 is 1.83 bits per heavy atom. The zero-order valence-corrected chi connectivity index (χ0v) is 10.8. The summed E-state index contributed by atoms with van der Waals surface area (Å²) in [6.07, 6.45) is 4.85. The zero-order chi connectivity index (χ0) is 13.0. The van der Waals surface area contributed by atoms with Crippen molar-refractivity contribution >= 4 is 15.9 Å². The molecule has 1 atom stereocenters. The molecule has 0 spiro atoms. The molecule has 0 unspecified atom stereocenters. The topological polar surface area (TPSA) is 47.3 Å². The maximum absolute atomic E-state index is 12.2. The molecule has 0 saturated carbocycles. The van der Waals surface area contributed by atoms with Crippen molar-refractivity contribution < 1.29 is 12.8 Å². The lowest BCUT2D eigenvalue weighted by Gasteiger charge is -2.08. The van der Waals surface area contributed by atoms with Crippen molar-refractivity contribution in [2.24, 2.45) is 0 Å². The average Bonchev–Trinajstić information content (AvgIpc) is 2.90. The molecule has 18 heavy (non-hydrogen) atoms. The lowest BCUT2D eigenvalue weighted by molar-refractivity contribution is 0.557. The van der Waals surface area contributed by atoms with E-state index in [1.54, 1.807) is 67.8 Å². The van der Waals surface area contributed by atoms with Crippen molar-refractivity contribution in [3.8, 4) is 0 Å². The lowest BCUT2D eigenvalue weighted by Crippen LogP contribution is -2.15. The first-order chi connectivity index (χ1) is 8.60. The first-order valence-electron chi connectivity index (χ1n) is 5.61. The molecule has 0 aliphatic carbocycles. The quantitative estimate of drug-likeness (QED) is 0.850. The maximum atomic E-state index is 12.2. The Labute approximate surface area is 107 Å². The molecule has 4 heteroatoms. The number of furan rings is 1. The van der Waals surface area contributed by atoms with Crippen molar-refractivity contribution in [1.82, 2.24) is 0 Å². The Hall–Kier alpha value is -1.81. The van der Waals surface area contributed by atoms with Crippen LogP contribution in [0.1, 0.15) is 12.7 Å². The highest BCUT2D eigenvalue weighted by atomic mass is 32.2. The largest absolute Gasteiger partial charge is 0.465 e. The number of benzene rings is 1. The SMILES string of the molecule is C[C@H](/C=C/c1ccco1)S(=O)(=O)c1ccccc1. The van der Waals surface area contributed by atoms with Crippen molar-refractivity contribution in [3.63, 3.8) is 0 Å². The van der Waals surface area contributed by atoms with Crippen LogP contribution in [0, 0.1) is 0 Å². The fourth-order valence-electron chi connectivity index (χ4n) is 1.54. The Morgan fingerprint density at radius 3 is 2.44 bits per heavy atom. The van der Waals surface area contributed by atoms with E-state index in [4.69, 9.17) is 4.42 Å². The van der Waals surface area contributed by atoms with Crippen LogP contribution in [0.25, 0.3) is 6.08 Å². The fraction of sp³-hybridized carbons (Fsp3) is 0.143. The van der Waals surface area contributed by atoms with E-state index >= 15 is 0 Å². The van der Waals surface area contributed by atoms with Crippen LogP contribution in [0.2, 0.25) is 0 Å². The van der Waals surface area contributed by atoms with Gasteiger partial charge < -0.3 is 4.42 Å². The summed E-state index contributed by atoms with van der Waals surface area (Å²) >= 11 is 0. The van der Waals surface area contributed by atoms with E-state index < -0.39 is 15.1 Å². The summed E-state index contributed by atoms with van der Waals surface area (Å²) in [6.45, 7) is 1.65. The Kier molecular flexibility index (Phi) is 3.67. The molecule has 1 aromatic carbocycles. The minimum atomic E-state index is -3.32. The molecule has 1 heterocycles. The molecule has 0 bridgehead atoms.